The van der Waals surface area contributed by atoms with E-state index in [4.69, 9.17) is 0 Å². The summed E-state index contributed by atoms with van der Waals surface area (Å²) in [5.41, 5.74) is 0.408. The molecule has 156 valence electrons. The minimum atomic E-state index is -0.794. The Morgan fingerprint density at radius 3 is 2.53 bits per heavy atom. The predicted octanol–water partition coefficient (Wildman–Crippen LogP) is 2.76. The number of halogens is 2. The van der Waals surface area contributed by atoms with Crippen LogP contribution in [0, 0.1) is 23.5 Å². The molecule has 1 aliphatic carbocycles. The van der Waals surface area contributed by atoms with Gasteiger partial charge in [-0.3, -0.25) is 14.9 Å². The van der Waals surface area contributed by atoms with Gasteiger partial charge in [-0.25, -0.2) is 13.8 Å². The SMILES string of the molecule is O=C1N=C2N=C(c3c(F)cc(C#Cc4cccnc4)cc3F)C(c3cc[nH]n3)N2C12CC2. The van der Waals surface area contributed by atoms with Crippen molar-refractivity contribution in [2.75, 3.05) is 0 Å². The second-order valence-corrected chi connectivity index (χ2v) is 7.82. The van der Waals surface area contributed by atoms with Crippen molar-refractivity contribution < 1.29 is 13.6 Å². The zero-order chi connectivity index (χ0) is 21.9. The highest BCUT2D eigenvalue weighted by atomic mass is 19.1. The molecule has 2 aromatic heterocycles. The number of guanidine groups is 1. The van der Waals surface area contributed by atoms with E-state index >= 15 is 8.78 Å². The number of nitrogens with one attached hydrogen (secondary N) is 1. The van der Waals surface area contributed by atoms with Gasteiger partial charge in [0.05, 0.1) is 17.0 Å². The number of benzene rings is 1. The number of H-pyrrole nitrogens is 1. The average molecular weight is 428 g/mol. The number of aliphatic imine (C=N–C) groups is 2. The number of aromatic amines is 1. The van der Waals surface area contributed by atoms with Crippen molar-refractivity contribution in [1.29, 1.82) is 0 Å². The standard InChI is InChI=1S/C23H14F2N6O/c24-15-10-14(4-3-13-2-1-8-26-12-13)11-16(25)18(15)19-20(17-5-9-27-30-17)31-22(28-19)29-21(32)23(31)6-7-23/h1-2,5,8-12,20H,6-7H2,(H,27,30). The summed E-state index contributed by atoms with van der Waals surface area (Å²) in [6.07, 6.45) is 6.04. The molecule has 1 saturated carbocycles. The first-order chi connectivity index (χ1) is 15.6. The van der Waals surface area contributed by atoms with Gasteiger partial charge in [-0.05, 0) is 43.2 Å². The number of amides is 1. The van der Waals surface area contributed by atoms with Crippen molar-refractivity contribution >= 4 is 17.6 Å². The van der Waals surface area contributed by atoms with Gasteiger partial charge in [0.25, 0.3) is 5.91 Å². The van der Waals surface area contributed by atoms with Crippen LogP contribution < -0.4 is 0 Å². The van der Waals surface area contributed by atoms with Crippen molar-refractivity contribution in [3.8, 4) is 11.8 Å². The normalized spacial score (nSPS) is 20.0. The van der Waals surface area contributed by atoms with E-state index in [0.29, 0.717) is 24.1 Å². The van der Waals surface area contributed by atoms with Crippen LogP contribution >= 0.6 is 0 Å². The molecular weight excluding hydrogens is 414 g/mol. The van der Waals surface area contributed by atoms with Gasteiger partial charge in [-0.1, -0.05) is 11.8 Å². The fraction of sp³-hybridized carbons (Fsp3) is 0.174. The number of aromatic nitrogens is 3. The molecule has 0 bridgehead atoms. The summed E-state index contributed by atoms with van der Waals surface area (Å²) in [5, 5.41) is 6.93. The summed E-state index contributed by atoms with van der Waals surface area (Å²) in [5.74, 6) is 3.92. The molecular formula is C23H14F2N6O. The third-order valence-corrected chi connectivity index (χ3v) is 5.85. The monoisotopic (exact) mass is 428 g/mol. The minimum Gasteiger partial charge on any atom is -0.311 e. The summed E-state index contributed by atoms with van der Waals surface area (Å²) in [4.78, 5) is 26.5. The molecule has 1 atom stereocenters. The van der Waals surface area contributed by atoms with E-state index in [1.54, 1.807) is 41.7 Å². The topological polar surface area (TPSA) is 86.6 Å². The number of carbonyl (C=O) groups is 1. The molecule has 2 aliphatic heterocycles. The molecule has 0 radical (unpaired) electrons. The van der Waals surface area contributed by atoms with Gasteiger partial charge >= 0.3 is 0 Å². The van der Waals surface area contributed by atoms with Gasteiger partial charge in [-0.15, -0.1) is 0 Å². The molecule has 7 nitrogen and oxygen atoms in total. The highest BCUT2D eigenvalue weighted by Crippen LogP contribution is 2.53. The molecule has 1 fully saturated rings. The van der Waals surface area contributed by atoms with Gasteiger partial charge < -0.3 is 4.90 Å². The second kappa shape index (κ2) is 6.65. The summed E-state index contributed by atoms with van der Waals surface area (Å²) >= 11 is 0. The van der Waals surface area contributed by atoms with Crippen LogP contribution in [0.3, 0.4) is 0 Å². The van der Waals surface area contributed by atoms with Crippen molar-refractivity contribution in [1.82, 2.24) is 20.1 Å². The molecule has 1 spiro atoms. The van der Waals surface area contributed by atoms with E-state index in [-0.39, 0.29) is 28.7 Å². The van der Waals surface area contributed by atoms with Crippen molar-refractivity contribution in [2.24, 2.45) is 9.98 Å². The molecule has 0 saturated heterocycles. The number of hydrogen-bond donors (Lipinski definition) is 1. The first-order valence-electron chi connectivity index (χ1n) is 9.99. The second-order valence-electron chi connectivity index (χ2n) is 7.82. The predicted molar refractivity (Wildman–Crippen MR) is 111 cm³/mol. The zero-order valence-electron chi connectivity index (χ0n) is 16.5. The van der Waals surface area contributed by atoms with Crippen LogP contribution in [0.15, 0.2) is 58.9 Å². The van der Waals surface area contributed by atoms with E-state index in [0.717, 1.165) is 0 Å². The van der Waals surface area contributed by atoms with Gasteiger partial charge in [0, 0.05) is 29.7 Å². The fourth-order valence-electron chi connectivity index (χ4n) is 4.21. The maximum absolute atomic E-state index is 15.2. The third-order valence-electron chi connectivity index (χ3n) is 5.85. The van der Waals surface area contributed by atoms with Crippen LogP contribution in [-0.2, 0) is 4.79 Å². The average Bonchev–Trinajstić information content (AvgIpc) is 3.11. The van der Waals surface area contributed by atoms with Crippen molar-refractivity contribution in [3.63, 3.8) is 0 Å². The molecule has 32 heavy (non-hydrogen) atoms. The number of pyridine rings is 1. The third kappa shape index (κ3) is 2.69. The van der Waals surface area contributed by atoms with E-state index in [1.807, 2.05) is 0 Å². The highest BCUT2D eigenvalue weighted by Gasteiger charge is 2.64. The Labute approximate surface area is 180 Å². The zero-order valence-corrected chi connectivity index (χ0v) is 16.5. The van der Waals surface area contributed by atoms with E-state index in [9.17, 15) is 4.79 Å². The Morgan fingerprint density at radius 2 is 1.88 bits per heavy atom. The number of fused-ring (bicyclic) bond motifs is 2. The molecule has 1 unspecified atom stereocenters. The van der Waals surface area contributed by atoms with E-state index in [2.05, 4.69) is 37.0 Å². The quantitative estimate of drug-likeness (QED) is 0.636. The molecule has 1 amide bonds. The lowest BCUT2D eigenvalue weighted by molar-refractivity contribution is -0.121. The first-order valence-corrected chi connectivity index (χ1v) is 9.99. The van der Waals surface area contributed by atoms with Crippen LogP contribution in [0.25, 0.3) is 0 Å². The van der Waals surface area contributed by atoms with Crippen LogP contribution in [-0.4, -0.2) is 43.2 Å². The van der Waals surface area contributed by atoms with Crippen LogP contribution in [0.4, 0.5) is 8.78 Å². The fourth-order valence-corrected chi connectivity index (χ4v) is 4.21. The Bertz CT molecular complexity index is 1360. The Morgan fingerprint density at radius 1 is 1.09 bits per heavy atom. The van der Waals surface area contributed by atoms with Crippen LogP contribution in [0.1, 0.15) is 41.3 Å². The van der Waals surface area contributed by atoms with E-state index < -0.39 is 23.2 Å². The smallest absolute Gasteiger partial charge is 0.274 e. The Kier molecular flexibility index (Phi) is 3.86. The first kappa shape index (κ1) is 18.6. The Hall–Kier alpha value is -4.19. The van der Waals surface area contributed by atoms with Gasteiger partial charge in [-0.2, -0.15) is 10.1 Å². The van der Waals surface area contributed by atoms with Crippen LogP contribution in [0.5, 0.6) is 0 Å². The van der Waals surface area contributed by atoms with Gasteiger partial charge in [0.2, 0.25) is 5.96 Å². The van der Waals surface area contributed by atoms with E-state index in [1.165, 1.54) is 12.1 Å². The van der Waals surface area contributed by atoms with Gasteiger partial charge in [0.1, 0.15) is 23.2 Å². The maximum Gasteiger partial charge on any atom is 0.274 e. The molecule has 3 aliphatic rings. The highest BCUT2D eigenvalue weighted by molar-refractivity contribution is 6.21. The van der Waals surface area contributed by atoms with Gasteiger partial charge in [0.15, 0.2) is 0 Å². The molecule has 9 heteroatoms. The maximum atomic E-state index is 15.2. The van der Waals surface area contributed by atoms with Crippen molar-refractivity contribution in [3.05, 3.63) is 82.9 Å². The molecule has 1 aromatic carbocycles. The summed E-state index contributed by atoms with van der Waals surface area (Å²) in [6.45, 7) is 0. The molecule has 1 N–H and O–H groups in total. The molecule has 3 aromatic rings. The number of carbonyl (C=O) groups excluding carboxylic acids is 1. The minimum absolute atomic E-state index is 0.136. The Balaban J connectivity index is 1.44. The lowest BCUT2D eigenvalue weighted by atomic mass is 9.96. The molecule has 4 heterocycles. The van der Waals surface area contributed by atoms with Crippen LogP contribution in [0.2, 0.25) is 0 Å². The van der Waals surface area contributed by atoms with Crippen molar-refractivity contribution in [2.45, 2.75) is 24.4 Å². The summed E-state index contributed by atoms with van der Waals surface area (Å²) in [7, 11) is 0. The lowest BCUT2D eigenvalue weighted by Gasteiger charge is -2.28. The summed E-state index contributed by atoms with van der Waals surface area (Å²) in [6, 6.07) is 6.82. The largest absolute Gasteiger partial charge is 0.311 e. The number of rotatable bonds is 2. The number of hydrogen-bond acceptors (Lipinski definition) is 5. The number of nitrogens with zero attached hydrogens (tertiary/aromatic N) is 5. The molecule has 6 rings (SSSR count). The lowest BCUT2D eigenvalue weighted by Crippen LogP contribution is -2.42. The summed E-state index contributed by atoms with van der Waals surface area (Å²) < 4.78 is 30.4.